The van der Waals surface area contributed by atoms with E-state index < -0.39 is 15.9 Å². The van der Waals surface area contributed by atoms with E-state index in [2.05, 4.69) is 5.32 Å². The first-order chi connectivity index (χ1) is 14.3. The predicted molar refractivity (Wildman–Crippen MR) is 114 cm³/mol. The number of benzene rings is 2. The zero-order chi connectivity index (χ0) is 22.3. The molecule has 0 unspecified atom stereocenters. The first-order valence-corrected chi connectivity index (χ1v) is 10.9. The number of sulfonamides is 1. The van der Waals surface area contributed by atoms with Crippen LogP contribution in [-0.2, 0) is 16.6 Å². The summed E-state index contributed by atoms with van der Waals surface area (Å²) in [6.45, 7) is 4.39. The summed E-state index contributed by atoms with van der Waals surface area (Å²) in [7, 11) is 0.696. The molecule has 0 aromatic heterocycles. The molecular weight excluding hydrogens is 408 g/mol. The highest BCUT2D eigenvalue weighted by Crippen LogP contribution is 2.29. The molecule has 0 radical (unpaired) electrons. The molecule has 1 amide bonds. The molecule has 0 atom stereocenters. The highest BCUT2D eigenvalue weighted by Gasteiger charge is 2.26. The molecule has 9 heteroatoms. The van der Waals surface area contributed by atoms with Gasteiger partial charge in [0.2, 0.25) is 10.0 Å². The Balaban J connectivity index is 2.27. The molecular formula is C21H28N2O6S. The van der Waals surface area contributed by atoms with Crippen molar-refractivity contribution in [3.63, 3.8) is 0 Å². The van der Waals surface area contributed by atoms with Gasteiger partial charge in [-0.15, -0.1) is 0 Å². The summed E-state index contributed by atoms with van der Waals surface area (Å²) < 4.78 is 42.9. The number of carbonyl (C=O) groups is 1. The van der Waals surface area contributed by atoms with E-state index in [4.69, 9.17) is 14.2 Å². The van der Waals surface area contributed by atoms with Crippen LogP contribution < -0.4 is 19.5 Å². The molecule has 2 aromatic carbocycles. The number of hydrogen-bond acceptors (Lipinski definition) is 6. The Hall–Kier alpha value is -2.78. The smallest absolute Gasteiger partial charge is 0.251 e. The second-order valence-corrected chi connectivity index (χ2v) is 8.23. The molecule has 0 saturated carbocycles. The second-order valence-electron chi connectivity index (χ2n) is 6.33. The lowest BCUT2D eigenvalue weighted by atomic mass is 10.1. The summed E-state index contributed by atoms with van der Waals surface area (Å²) in [5.74, 6) is 0.942. The van der Waals surface area contributed by atoms with Gasteiger partial charge in [-0.25, -0.2) is 8.42 Å². The first kappa shape index (κ1) is 23.5. The van der Waals surface area contributed by atoms with Gasteiger partial charge in [0, 0.05) is 25.2 Å². The van der Waals surface area contributed by atoms with Gasteiger partial charge in [-0.05, 0) is 35.9 Å². The number of rotatable bonds is 10. The average molecular weight is 437 g/mol. The minimum atomic E-state index is -3.79. The fourth-order valence-electron chi connectivity index (χ4n) is 3.00. The van der Waals surface area contributed by atoms with Gasteiger partial charge in [0.05, 0.1) is 21.3 Å². The van der Waals surface area contributed by atoms with Crippen molar-refractivity contribution in [2.24, 2.45) is 0 Å². The van der Waals surface area contributed by atoms with Crippen LogP contribution in [0.4, 0.5) is 0 Å². The maximum absolute atomic E-state index is 12.9. The molecule has 0 saturated heterocycles. The molecule has 0 fully saturated rings. The van der Waals surface area contributed by atoms with E-state index in [0.717, 1.165) is 5.56 Å². The van der Waals surface area contributed by atoms with Crippen LogP contribution in [-0.4, -0.2) is 53.0 Å². The minimum absolute atomic E-state index is 0.0348. The zero-order valence-electron chi connectivity index (χ0n) is 17.9. The SMILES string of the molecule is CCN(CC)S(=O)(=O)c1cc(C(=O)NCc2ccc(OC)c(OC)c2)ccc1OC. The van der Waals surface area contributed by atoms with Gasteiger partial charge in [-0.3, -0.25) is 4.79 Å². The van der Waals surface area contributed by atoms with E-state index in [1.165, 1.54) is 36.7 Å². The Morgan fingerprint density at radius 2 is 1.50 bits per heavy atom. The van der Waals surface area contributed by atoms with Gasteiger partial charge in [-0.2, -0.15) is 4.31 Å². The van der Waals surface area contributed by atoms with E-state index in [0.29, 0.717) is 24.6 Å². The Morgan fingerprint density at radius 1 is 0.900 bits per heavy atom. The Bertz CT molecular complexity index is 987. The number of nitrogens with zero attached hydrogens (tertiary/aromatic N) is 1. The minimum Gasteiger partial charge on any atom is -0.495 e. The van der Waals surface area contributed by atoms with E-state index >= 15 is 0 Å². The number of hydrogen-bond donors (Lipinski definition) is 1. The summed E-state index contributed by atoms with van der Waals surface area (Å²) in [5.41, 5.74) is 1.03. The molecule has 0 aliphatic heterocycles. The van der Waals surface area contributed by atoms with Crippen molar-refractivity contribution in [2.45, 2.75) is 25.3 Å². The maximum Gasteiger partial charge on any atom is 0.251 e. The Morgan fingerprint density at radius 3 is 2.07 bits per heavy atom. The van der Waals surface area contributed by atoms with Gasteiger partial charge >= 0.3 is 0 Å². The zero-order valence-corrected chi connectivity index (χ0v) is 18.7. The summed E-state index contributed by atoms with van der Waals surface area (Å²) >= 11 is 0. The largest absolute Gasteiger partial charge is 0.495 e. The fraction of sp³-hybridized carbons (Fsp3) is 0.381. The van der Waals surface area contributed by atoms with Gasteiger partial charge in [0.25, 0.3) is 5.91 Å². The molecule has 2 rings (SSSR count). The van der Waals surface area contributed by atoms with Gasteiger partial charge < -0.3 is 19.5 Å². The monoisotopic (exact) mass is 436 g/mol. The van der Waals surface area contributed by atoms with Gasteiger partial charge in [0.1, 0.15) is 10.6 Å². The molecule has 8 nitrogen and oxygen atoms in total. The van der Waals surface area contributed by atoms with E-state index in [1.807, 2.05) is 6.07 Å². The van der Waals surface area contributed by atoms with Crippen LogP contribution in [0.15, 0.2) is 41.3 Å². The van der Waals surface area contributed by atoms with Crippen LogP contribution in [0.1, 0.15) is 29.8 Å². The molecule has 2 aromatic rings. The molecule has 0 aliphatic rings. The van der Waals surface area contributed by atoms with E-state index in [-0.39, 0.29) is 22.8 Å². The van der Waals surface area contributed by atoms with E-state index in [1.54, 1.807) is 33.1 Å². The molecule has 0 spiro atoms. The number of amides is 1. The maximum atomic E-state index is 12.9. The molecule has 0 aliphatic carbocycles. The predicted octanol–water partition coefficient (Wildman–Crippen LogP) is 2.67. The van der Waals surface area contributed by atoms with Gasteiger partial charge in [0.15, 0.2) is 11.5 Å². The highest BCUT2D eigenvalue weighted by molar-refractivity contribution is 7.89. The lowest BCUT2D eigenvalue weighted by molar-refractivity contribution is 0.0950. The van der Waals surface area contributed by atoms with Crippen molar-refractivity contribution in [1.29, 1.82) is 0 Å². The van der Waals surface area contributed by atoms with Crippen LogP contribution in [0, 0.1) is 0 Å². The third-order valence-corrected chi connectivity index (χ3v) is 6.72. The Labute approximate surface area is 177 Å². The Kier molecular flexibility index (Phi) is 8.08. The lowest BCUT2D eigenvalue weighted by Gasteiger charge is -2.20. The second kappa shape index (κ2) is 10.3. The van der Waals surface area contributed by atoms with Crippen molar-refractivity contribution in [1.82, 2.24) is 9.62 Å². The highest BCUT2D eigenvalue weighted by atomic mass is 32.2. The molecule has 0 heterocycles. The summed E-state index contributed by atoms with van der Waals surface area (Å²) in [5, 5.41) is 2.79. The lowest BCUT2D eigenvalue weighted by Crippen LogP contribution is -2.31. The number of methoxy groups -OCH3 is 3. The van der Waals surface area contributed by atoms with Crippen LogP contribution in [0.5, 0.6) is 17.2 Å². The normalized spacial score (nSPS) is 11.3. The topological polar surface area (TPSA) is 94.2 Å². The standard InChI is InChI=1S/C21H28N2O6S/c1-6-23(7-2)30(25,26)20-13-16(9-11-18(20)28-4)21(24)22-14-15-8-10-17(27-3)19(12-15)29-5/h8-13H,6-7,14H2,1-5H3,(H,22,24). The molecule has 1 N–H and O–H groups in total. The van der Waals surface area contributed by atoms with E-state index in [9.17, 15) is 13.2 Å². The summed E-state index contributed by atoms with van der Waals surface area (Å²) in [6, 6.07) is 9.69. The number of nitrogens with one attached hydrogen (secondary N) is 1. The van der Waals surface area contributed by atoms with Crippen LogP contribution in [0.25, 0.3) is 0 Å². The summed E-state index contributed by atoms with van der Waals surface area (Å²) in [4.78, 5) is 12.6. The van der Waals surface area contributed by atoms with Crippen molar-refractivity contribution in [3.8, 4) is 17.2 Å². The van der Waals surface area contributed by atoms with Crippen LogP contribution in [0.3, 0.4) is 0 Å². The average Bonchev–Trinajstić information content (AvgIpc) is 2.77. The number of ether oxygens (including phenoxy) is 3. The number of carbonyl (C=O) groups excluding carboxylic acids is 1. The van der Waals surface area contributed by atoms with Crippen molar-refractivity contribution in [2.75, 3.05) is 34.4 Å². The first-order valence-electron chi connectivity index (χ1n) is 9.49. The third-order valence-electron chi connectivity index (χ3n) is 4.65. The van der Waals surface area contributed by atoms with Gasteiger partial charge in [-0.1, -0.05) is 19.9 Å². The van der Waals surface area contributed by atoms with Crippen molar-refractivity contribution >= 4 is 15.9 Å². The quantitative estimate of drug-likeness (QED) is 0.615. The fourth-order valence-corrected chi connectivity index (χ4v) is 4.64. The van der Waals surface area contributed by atoms with Crippen LogP contribution >= 0.6 is 0 Å². The summed E-state index contributed by atoms with van der Waals surface area (Å²) in [6.07, 6.45) is 0. The third kappa shape index (κ3) is 5.03. The molecule has 0 bridgehead atoms. The molecule has 30 heavy (non-hydrogen) atoms. The molecule has 164 valence electrons. The van der Waals surface area contributed by atoms with Crippen molar-refractivity contribution < 1.29 is 27.4 Å². The van der Waals surface area contributed by atoms with Crippen molar-refractivity contribution in [3.05, 3.63) is 47.5 Å². The van der Waals surface area contributed by atoms with Crippen LogP contribution in [0.2, 0.25) is 0 Å².